The highest BCUT2D eigenvalue weighted by Gasteiger charge is 2.23. The molecule has 0 aromatic carbocycles. The predicted molar refractivity (Wildman–Crippen MR) is 273 cm³/mol. The summed E-state index contributed by atoms with van der Waals surface area (Å²) in [6, 6.07) is -0.732. The largest absolute Gasteiger partial charge is 0.461 e. The van der Waals surface area contributed by atoms with Crippen LogP contribution in [0.3, 0.4) is 0 Å². The third kappa shape index (κ3) is 45.9. The number of amides is 1. The third-order valence-corrected chi connectivity index (χ3v) is 12.1. The summed E-state index contributed by atoms with van der Waals surface area (Å²) in [6.45, 7) is 6.35. The van der Waals surface area contributed by atoms with Crippen molar-refractivity contribution in [2.75, 3.05) is 6.61 Å². The van der Waals surface area contributed by atoms with Crippen LogP contribution in [0.2, 0.25) is 0 Å². The minimum atomic E-state index is -0.812. The average molecular weight is 882 g/mol. The van der Waals surface area contributed by atoms with Crippen LogP contribution in [0.5, 0.6) is 0 Å². The number of esters is 1. The number of carbonyl (C=O) groups excluding carboxylic acids is 2. The van der Waals surface area contributed by atoms with E-state index in [1.54, 1.807) is 0 Å². The van der Waals surface area contributed by atoms with Crippen LogP contribution in [-0.2, 0) is 14.3 Å². The van der Waals surface area contributed by atoms with Crippen molar-refractivity contribution in [3.63, 3.8) is 0 Å². The van der Waals surface area contributed by atoms with Crippen LogP contribution in [0.25, 0.3) is 0 Å². The lowest BCUT2D eigenvalue weighted by molar-refractivity contribution is -0.150. The van der Waals surface area contributed by atoms with Gasteiger partial charge in [0.15, 0.2) is 0 Å². The Morgan fingerprint density at radius 2 is 0.825 bits per heavy atom. The molecule has 63 heavy (non-hydrogen) atoms. The fraction of sp³-hybridized carbons (Fsp3) is 0.789. The van der Waals surface area contributed by atoms with Gasteiger partial charge in [0.1, 0.15) is 6.10 Å². The van der Waals surface area contributed by atoms with Crippen molar-refractivity contribution in [1.82, 2.24) is 5.32 Å². The molecule has 0 aliphatic heterocycles. The molecular weight excluding hydrogens is 779 g/mol. The zero-order chi connectivity index (χ0) is 45.9. The number of hydrogen-bond donors (Lipinski definition) is 3. The van der Waals surface area contributed by atoms with Gasteiger partial charge in [-0.15, -0.1) is 0 Å². The maximum absolute atomic E-state index is 13.2. The van der Waals surface area contributed by atoms with Crippen molar-refractivity contribution in [3.05, 3.63) is 60.8 Å². The van der Waals surface area contributed by atoms with Crippen LogP contribution in [0.4, 0.5) is 0 Å². The van der Waals surface area contributed by atoms with E-state index in [0.29, 0.717) is 19.3 Å². The minimum Gasteiger partial charge on any atom is -0.461 e. The van der Waals surface area contributed by atoms with Gasteiger partial charge < -0.3 is 20.3 Å². The Balaban J connectivity index is 4.63. The van der Waals surface area contributed by atoms with Gasteiger partial charge in [0.05, 0.1) is 25.2 Å². The molecule has 3 N–H and O–H groups in total. The number of rotatable bonds is 48. The molecule has 0 bridgehead atoms. The first-order valence-electron chi connectivity index (χ1n) is 27.0. The molecule has 3 unspecified atom stereocenters. The molecule has 0 aromatic heterocycles. The summed E-state index contributed by atoms with van der Waals surface area (Å²) in [5.41, 5.74) is 0. The first kappa shape index (κ1) is 60.6. The highest BCUT2D eigenvalue weighted by Crippen LogP contribution is 2.17. The van der Waals surface area contributed by atoms with Crippen LogP contribution >= 0.6 is 0 Å². The summed E-state index contributed by atoms with van der Waals surface area (Å²) in [5.74, 6) is -0.573. The Hall–Kier alpha value is -2.44. The fourth-order valence-corrected chi connectivity index (χ4v) is 8.04. The Kier molecular flexibility index (Phi) is 48.6. The second-order valence-corrected chi connectivity index (χ2v) is 18.3. The van der Waals surface area contributed by atoms with E-state index in [4.69, 9.17) is 4.74 Å². The first-order valence-corrected chi connectivity index (χ1v) is 27.0. The molecule has 0 heterocycles. The van der Waals surface area contributed by atoms with Gasteiger partial charge in [0.2, 0.25) is 5.91 Å². The molecule has 0 aromatic rings. The summed E-state index contributed by atoms with van der Waals surface area (Å²) < 4.78 is 5.87. The molecule has 0 aliphatic rings. The van der Waals surface area contributed by atoms with Crippen LogP contribution in [0.15, 0.2) is 60.8 Å². The first-order chi connectivity index (χ1) is 31.0. The average Bonchev–Trinajstić information content (AvgIpc) is 3.28. The van der Waals surface area contributed by atoms with Gasteiger partial charge in [-0.25, -0.2) is 0 Å². The van der Waals surface area contributed by atoms with E-state index in [1.807, 2.05) is 6.08 Å². The van der Waals surface area contributed by atoms with E-state index < -0.39 is 18.2 Å². The number of allylic oxidation sites excluding steroid dienone is 9. The number of aliphatic hydroxyl groups excluding tert-OH is 2. The molecule has 0 rings (SSSR count). The zero-order valence-electron chi connectivity index (χ0n) is 41.7. The van der Waals surface area contributed by atoms with Crippen molar-refractivity contribution in [2.24, 2.45) is 0 Å². The number of aliphatic hydroxyl groups is 2. The van der Waals surface area contributed by atoms with E-state index in [-0.39, 0.29) is 24.9 Å². The Labute approximate surface area is 390 Å². The highest BCUT2D eigenvalue weighted by molar-refractivity contribution is 5.77. The SMILES string of the molecule is CC/C=C\C/C=C\C/C=C\C/C=C\C/C=C\CC(CC(=O)NC(CO)C(O)CCCCCCCCCCCCCCCCCCC)OC(=O)CCCCCCCCCCCCCC. The number of nitrogens with one attached hydrogen (secondary N) is 1. The molecule has 0 spiro atoms. The van der Waals surface area contributed by atoms with Gasteiger partial charge in [-0.1, -0.05) is 261 Å². The standard InChI is InChI=1S/C57H103NO5/c1-4-7-10-13-16-19-22-25-27-28-30-32-34-37-40-43-46-49-55(60)54(52-59)58-56(61)51-53(48-45-42-39-36-33-31-29-26-23-20-17-14-11-8-5-2)63-57(62)50-47-44-41-38-35-24-21-18-15-12-9-6-3/h8,11,17,20,26,29,33,36,42,45,53-55,59-60H,4-7,9-10,12-16,18-19,21-25,27-28,30-32,34-35,37-41,43-44,46-52H2,1-3H3,(H,58,61)/b11-8-,20-17-,29-26-,36-33-,45-42-. The number of unbranched alkanes of at least 4 members (excludes halogenated alkanes) is 27. The molecule has 6 heteroatoms. The quantitative estimate of drug-likeness (QED) is 0.0321. The van der Waals surface area contributed by atoms with E-state index >= 15 is 0 Å². The lowest BCUT2D eigenvalue weighted by Gasteiger charge is -2.24. The Morgan fingerprint density at radius 1 is 0.476 bits per heavy atom. The molecule has 0 radical (unpaired) electrons. The van der Waals surface area contributed by atoms with Gasteiger partial charge in [-0.05, 0) is 44.9 Å². The predicted octanol–water partition coefficient (Wildman–Crippen LogP) is 16.4. The zero-order valence-corrected chi connectivity index (χ0v) is 41.7. The van der Waals surface area contributed by atoms with Crippen LogP contribution in [-0.4, -0.2) is 46.9 Å². The minimum absolute atomic E-state index is 0.000834. The lowest BCUT2D eigenvalue weighted by Crippen LogP contribution is -2.46. The summed E-state index contributed by atoms with van der Waals surface area (Å²) in [5, 5.41) is 23.8. The van der Waals surface area contributed by atoms with Crippen molar-refractivity contribution in [2.45, 2.75) is 283 Å². The van der Waals surface area contributed by atoms with Crippen LogP contribution in [0, 0.1) is 0 Å². The third-order valence-electron chi connectivity index (χ3n) is 12.1. The number of ether oxygens (including phenoxy) is 1. The normalized spacial score (nSPS) is 13.7. The van der Waals surface area contributed by atoms with E-state index in [2.05, 4.69) is 80.8 Å². The van der Waals surface area contributed by atoms with Crippen molar-refractivity contribution < 1.29 is 24.5 Å². The molecular formula is C57H103NO5. The van der Waals surface area contributed by atoms with E-state index in [9.17, 15) is 19.8 Å². The maximum Gasteiger partial charge on any atom is 0.306 e. The molecule has 0 aliphatic carbocycles. The van der Waals surface area contributed by atoms with Gasteiger partial charge in [-0.2, -0.15) is 0 Å². The topological polar surface area (TPSA) is 95.9 Å². The lowest BCUT2D eigenvalue weighted by atomic mass is 10.0. The summed E-state index contributed by atoms with van der Waals surface area (Å²) in [7, 11) is 0. The van der Waals surface area contributed by atoms with Crippen LogP contribution < -0.4 is 5.32 Å². The monoisotopic (exact) mass is 882 g/mol. The summed E-state index contributed by atoms with van der Waals surface area (Å²) >= 11 is 0. The molecule has 0 fully saturated rings. The van der Waals surface area contributed by atoms with Crippen molar-refractivity contribution in [1.29, 1.82) is 0 Å². The van der Waals surface area contributed by atoms with Gasteiger partial charge in [0, 0.05) is 12.8 Å². The van der Waals surface area contributed by atoms with Crippen molar-refractivity contribution in [3.8, 4) is 0 Å². The molecule has 3 atom stereocenters. The van der Waals surface area contributed by atoms with Gasteiger partial charge >= 0.3 is 5.97 Å². The van der Waals surface area contributed by atoms with Crippen LogP contribution in [0.1, 0.15) is 265 Å². The van der Waals surface area contributed by atoms with Gasteiger partial charge in [0.25, 0.3) is 0 Å². The molecule has 6 nitrogen and oxygen atoms in total. The number of hydrogen-bond acceptors (Lipinski definition) is 5. The fourth-order valence-electron chi connectivity index (χ4n) is 8.04. The summed E-state index contributed by atoms with van der Waals surface area (Å²) in [6.07, 6.45) is 63.0. The number of carbonyl (C=O) groups is 2. The Morgan fingerprint density at radius 3 is 1.21 bits per heavy atom. The molecule has 0 saturated carbocycles. The molecule has 1 amide bonds. The van der Waals surface area contributed by atoms with E-state index in [1.165, 1.54) is 148 Å². The molecule has 366 valence electrons. The smallest absolute Gasteiger partial charge is 0.306 e. The second-order valence-electron chi connectivity index (χ2n) is 18.3. The van der Waals surface area contributed by atoms with E-state index in [0.717, 1.165) is 70.6 Å². The van der Waals surface area contributed by atoms with Crippen molar-refractivity contribution >= 4 is 11.9 Å². The molecule has 0 saturated heterocycles. The maximum atomic E-state index is 13.2. The summed E-state index contributed by atoms with van der Waals surface area (Å²) in [4.78, 5) is 26.1. The highest BCUT2D eigenvalue weighted by atomic mass is 16.5. The Bertz CT molecular complexity index is 1130. The second kappa shape index (κ2) is 50.6. The van der Waals surface area contributed by atoms with Gasteiger partial charge in [-0.3, -0.25) is 9.59 Å².